The van der Waals surface area contributed by atoms with Gasteiger partial charge in [0.1, 0.15) is 5.75 Å². The fourth-order valence-electron chi connectivity index (χ4n) is 1.92. The number of benzene rings is 2. The van der Waals surface area contributed by atoms with Crippen LogP contribution in [-0.2, 0) is 15.5 Å². The zero-order valence-corrected chi connectivity index (χ0v) is 14.1. The third-order valence-corrected chi connectivity index (χ3v) is 4.38. The van der Waals surface area contributed by atoms with Gasteiger partial charge in [-0.2, -0.15) is 0 Å². The molecule has 2 aromatic rings. The van der Waals surface area contributed by atoms with E-state index in [1.165, 1.54) is 0 Å². The minimum absolute atomic E-state index is 0.0653. The molecular weight excluding hydrogens is 332 g/mol. The number of alkyl halides is 1. The Morgan fingerprint density at radius 3 is 2.61 bits per heavy atom. The zero-order chi connectivity index (χ0) is 16.7. The molecule has 0 saturated heterocycles. The molecule has 0 N–H and O–H groups in total. The minimum atomic E-state index is -0.0653. The molecule has 0 bridgehead atoms. The lowest BCUT2D eigenvalue weighted by Crippen LogP contribution is -1.96. The van der Waals surface area contributed by atoms with Crippen LogP contribution in [-0.4, -0.2) is 11.6 Å². The molecular formula is C18H15ClO3S. The van der Waals surface area contributed by atoms with Gasteiger partial charge in [0, 0.05) is 21.9 Å². The Balaban J connectivity index is 2.25. The van der Waals surface area contributed by atoms with Gasteiger partial charge in [-0.1, -0.05) is 24.3 Å². The number of halogens is 1. The largest absolute Gasteiger partial charge is 0.428 e. The first kappa shape index (κ1) is 17.3. The summed E-state index contributed by atoms with van der Waals surface area (Å²) < 4.78 is 4.95. The highest BCUT2D eigenvalue weighted by Crippen LogP contribution is 2.27. The molecule has 0 heterocycles. The van der Waals surface area contributed by atoms with E-state index in [1.54, 1.807) is 31.2 Å². The number of rotatable bonds is 6. The van der Waals surface area contributed by atoms with E-state index in [4.69, 9.17) is 16.3 Å². The van der Waals surface area contributed by atoms with Crippen molar-refractivity contribution in [2.24, 2.45) is 0 Å². The Labute approximate surface area is 144 Å². The lowest BCUT2D eigenvalue weighted by Gasteiger charge is -2.07. The molecule has 0 amide bonds. The van der Waals surface area contributed by atoms with Crippen LogP contribution < -0.4 is 4.74 Å². The summed E-state index contributed by atoms with van der Waals surface area (Å²) >= 11 is 6.99. The Morgan fingerprint density at radius 2 is 1.96 bits per heavy atom. The second-order valence-corrected chi connectivity index (χ2v) is 6.06. The quantitative estimate of drug-likeness (QED) is 0.329. The zero-order valence-electron chi connectivity index (χ0n) is 12.5. The summed E-state index contributed by atoms with van der Waals surface area (Å²) in [6.07, 6.45) is 1.70. The van der Waals surface area contributed by atoms with Crippen LogP contribution in [0, 0.1) is 0 Å². The molecule has 5 heteroatoms. The molecule has 0 unspecified atom stereocenters. The van der Waals surface area contributed by atoms with Crippen LogP contribution in [0.1, 0.15) is 18.1 Å². The van der Waals surface area contributed by atoms with Gasteiger partial charge < -0.3 is 4.74 Å². The first-order chi connectivity index (χ1) is 11.1. The maximum absolute atomic E-state index is 12.3. The fourth-order valence-corrected chi connectivity index (χ4v) is 2.81. The number of carbonyl (C=O) groups excluding carboxylic acids is 2. The summed E-state index contributed by atoms with van der Waals surface area (Å²) in [4.78, 5) is 23.8. The highest BCUT2D eigenvalue weighted by atomic mass is 35.5. The third kappa shape index (κ3) is 4.98. The van der Waals surface area contributed by atoms with E-state index in [1.807, 2.05) is 30.3 Å². The van der Waals surface area contributed by atoms with Gasteiger partial charge in [-0.3, -0.25) is 9.59 Å². The summed E-state index contributed by atoms with van der Waals surface area (Å²) in [7, 11) is 0. The Morgan fingerprint density at radius 1 is 1.22 bits per heavy atom. The summed E-state index contributed by atoms with van der Waals surface area (Å²) in [5, 5.41) is -0.0653. The lowest BCUT2D eigenvalue weighted by molar-refractivity contribution is -0.120. The van der Waals surface area contributed by atoms with Crippen LogP contribution in [0.3, 0.4) is 0 Å². The predicted octanol–water partition coefficient (Wildman–Crippen LogP) is 4.68. The molecule has 0 saturated carbocycles. The number of carbonyl (C=O) groups is 2. The van der Waals surface area contributed by atoms with Crippen LogP contribution in [0.15, 0.2) is 59.0 Å². The Hall–Kier alpha value is -2.04. The van der Waals surface area contributed by atoms with E-state index in [-0.39, 0.29) is 5.12 Å². The summed E-state index contributed by atoms with van der Waals surface area (Å²) in [5.41, 5.74) is 2.09. The molecule has 0 aromatic heterocycles. The van der Waals surface area contributed by atoms with E-state index in [0.29, 0.717) is 29.2 Å². The van der Waals surface area contributed by atoms with Crippen molar-refractivity contribution in [1.82, 2.24) is 0 Å². The highest BCUT2D eigenvalue weighted by molar-refractivity contribution is 8.14. The normalized spacial score (nSPS) is 11.1. The smallest absolute Gasteiger partial charge is 0.298 e. The molecule has 23 heavy (non-hydrogen) atoms. The summed E-state index contributed by atoms with van der Waals surface area (Å²) in [6.45, 7) is 2.10. The molecule has 0 aliphatic heterocycles. The second kappa shape index (κ2) is 8.56. The molecule has 0 atom stereocenters. The number of hydrogen-bond donors (Lipinski definition) is 0. The highest BCUT2D eigenvalue weighted by Gasteiger charge is 2.10. The Kier molecular flexibility index (Phi) is 6.44. The lowest BCUT2D eigenvalue weighted by atomic mass is 10.1. The third-order valence-electron chi connectivity index (χ3n) is 3.05. The van der Waals surface area contributed by atoms with Crippen molar-refractivity contribution < 1.29 is 14.3 Å². The molecule has 0 aliphatic carbocycles. The predicted molar refractivity (Wildman–Crippen MR) is 93.6 cm³/mol. The van der Waals surface area contributed by atoms with Crippen molar-refractivity contribution in [3.05, 3.63) is 65.2 Å². The first-order valence-corrected chi connectivity index (χ1v) is 8.24. The van der Waals surface area contributed by atoms with Crippen molar-refractivity contribution in [1.29, 1.82) is 0 Å². The van der Waals surface area contributed by atoms with Crippen LogP contribution in [0.5, 0.6) is 5.75 Å². The maximum Gasteiger partial charge on any atom is 0.298 e. The second-order valence-electron chi connectivity index (χ2n) is 4.75. The van der Waals surface area contributed by atoms with Gasteiger partial charge in [0.05, 0.1) is 0 Å². The molecule has 2 rings (SSSR count). The standard InChI is InChI=1S/C18H15ClO3S/c1-13(18(21)23-16-5-3-2-4-6-16)9-15-10-14(11-19)7-8-17(15)22-12-20/h2-10,12H,11H2,1H3/b13-9+. The van der Waals surface area contributed by atoms with E-state index < -0.39 is 0 Å². The van der Waals surface area contributed by atoms with Gasteiger partial charge in [0.25, 0.3) is 6.47 Å². The molecule has 3 nitrogen and oxygen atoms in total. The topological polar surface area (TPSA) is 43.4 Å². The molecule has 0 aliphatic rings. The van der Waals surface area contributed by atoms with E-state index in [0.717, 1.165) is 22.2 Å². The molecule has 0 radical (unpaired) electrons. The van der Waals surface area contributed by atoms with E-state index in [9.17, 15) is 9.59 Å². The van der Waals surface area contributed by atoms with Gasteiger partial charge in [-0.25, -0.2) is 0 Å². The van der Waals surface area contributed by atoms with Crippen molar-refractivity contribution in [2.45, 2.75) is 17.7 Å². The van der Waals surface area contributed by atoms with Gasteiger partial charge >= 0.3 is 0 Å². The molecule has 0 spiro atoms. The number of hydrogen-bond acceptors (Lipinski definition) is 4. The van der Waals surface area contributed by atoms with Gasteiger partial charge in [-0.05, 0) is 54.6 Å². The first-order valence-electron chi connectivity index (χ1n) is 6.88. The molecule has 118 valence electrons. The monoisotopic (exact) mass is 346 g/mol. The number of thioether (sulfide) groups is 1. The fraction of sp³-hybridized carbons (Fsp3) is 0.111. The minimum Gasteiger partial charge on any atom is -0.428 e. The van der Waals surface area contributed by atoms with Gasteiger partial charge in [0.15, 0.2) is 0 Å². The van der Waals surface area contributed by atoms with E-state index >= 15 is 0 Å². The van der Waals surface area contributed by atoms with Gasteiger partial charge in [0.2, 0.25) is 5.12 Å². The van der Waals surface area contributed by atoms with Crippen molar-refractivity contribution in [2.75, 3.05) is 0 Å². The van der Waals surface area contributed by atoms with Crippen molar-refractivity contribution in [3.8, 4) is 5.75 Å². The van der Waals surface area contributed by atoms with Gasteiger partial charge in [-0.15, -0.1) is 11.6 Å². The number of ether oxygens (including phenoxy) is 1. The SMILES string of the molecule is C/C(=C\c1cc(CCl)ccc1OC=O)C(=O)Sc1ccccc1. The summed E-state index contributed by atoms with van der Waals surface area (Å²) in [5.74, 6) is 0.735. The van der Waals surface area contributed by atoms with Crippen molar-refractivity contribution >= 4 is 41.0 Å². The average Bonchev–Trinajstić information content (AvgIpc) is 2.57. The molecule has 2 aromatic carbocycles. The Bertz CT molecular complexity index is 726. The molecule has 0 fully saturated rings. The van der Waals surface area contributed by atoms with Crippen LogP contribution >= 0.6 is 23.4 Å². The van der Waals surface area contributed by atoms with Crippen molar-refractivity contribution in [3.63, 3.8) is 0 Å². The van der Waals surface area contributed by atoms with Crippen LogP contribution in [0.2, 0.25) is 0 Å². The maximum atomic E-state index is 12.3. The average molecular weight is 347 g/mol. The van der Waals surface area contributed by atoms with E-state index in [2.05, 4.69) is 0 Å². The van der Waals surface area contributed by atoms with Crippen LogP contribution in [0.25, 0.3) is 6.08 Å². The van der Waals surface area contributed by atoms with Crippen LogP contribution in [0.4, 0.5) is 0 Å². The summed E-state index contributed by atoms with van der Waals surface area (Å²) in [6, 6.07) is 14.7.